The highest BCUT2D eigenvalue weighted by molar-refractivity contribution is 7.07. The Hall–Kier alpha value is -2.58. The van der Waals surface area contributed by atoms with E-state index in [4.69, 9.17) is 4.98 Å². The number of benzene rings is 1. The molecular weight excluding hydrogens is 401 g/mol. The lowest BCUT2D eigenvalue weighted by atomic mass is 9.83. The average molecular weight is 426 g/mol. The smallest absolute Gasteiger partial charge is 0.273 e. The van der Waals surface area contributed by atoms with Gasteiger partial charge >= 0.3 is 0 Å². The summed E-state index contributed by atoms with van der Waals surface area (Å²) in [5, 5.41) is 1.81. The van der Waals surface area contributed by atoms with Gasteiger partial charge in [0.15, 0.2) is 0 Å². The zero-order valence-corrected chi connectivity index (χ0v) is 17.7. The summed E-state index contributed by atoms with van der Waals surface area (Å²) >= 11 is 1.44. The fraction of sp³-hybridized carbons (Fsp3) is 0.409. The number of rotatable bonds is 3. The highest BCUT2D eigenvalue weighted by Gasteiger charge is 2.47. The predicted molar refractivity (Wildman–Crippen MR) is 114 cm³/mol. The molecule has 1 saturated heterocycles. The van der Waals surface area contributed by atoms with E-state index in [2.05, 4.69) is 21.4 Å². The van der Waals surface area contributed by atoms with E-state index in [0.717, 1.165) is 49.6 Å². The average Bonchev–Trinajstić information content (AvgIpc) is 3.45. The van der Waals surface area contributed by atoms with Crippen molar-refractivity contribution in [3.63, 3.8) is 0 Å². The van der Waals surface area contributed by atoms with Crippen LogP contribution in [0.3, 0.4) is 0 Å². The maximum Gasteiger partial charge on any atom is 0.273 e. The number of nitrogens with zero attached hydrogens (tertiary/aromatic N) is 5. The van der Waals surface area contributed by atoms with Gasteiger partial charge in [-0.25, -0.2) is 14.4 Å². The van der Waals surface area contributed by atoms with Crippen molar-refractivity contribution >= 4 is 17.2 Å². The second-order valence-corrected chi connectivity index (χ2v) is 8.62. The number of halogens is 1. The van der Waals surface area contributed by atoms with E-state index in [0.29, 0.717) is 18.8 Å². The third kappa shape index (κ3) is 3.06. The number of carbonyl (C=O) groups is 1. The lowest BCUT2D eigenvalue weighted by molar-refractivity contribution is -0.00326. The number of aromatic nitrogens is 3. The molecular formula is C22H24FN5OS. The van der Waals surface area contributed by atoms with E-state index >= 15 is 0 Å². The van der Waals surface area contributed by atoms with E-state index in [1.165, 1.54) is 17.4 Å². The number of likely N-dealkylation sites (tertiary alicyclic amines) is 1. The molecule has 1 aromatic carbocycles. The van der Waals surface area contributed by atoms with E-state index < -0.39 is 0 Å². The van der Waals surface area contributed by atoms with Gasteiger partial charge in [-0.3, -0.25) is 9.69 Å². The van der Waals surface area contributed by atoms with Gasteiger partial charge in [-0.2, -0.15) is 0 Å². The first-order valence-electron chi connectivity index (χ1n) is 10.4. The molecule has 30 heavy (non-hydrogen) atoms. The Morgan fingerprint density at radius 3 is 2.73 bits per heavy atom. The molecule has 6 nitrogen and oxygen atoms in total. The Morgan fingerprint density at radius 2 is 2.03 bits per heavy atom. The molecule has 0 bridgehead atoms. The summed E-state index contributed by atoms with van der Waals surface area (Å²) in [6.45, 7) is 6.22. The van der Waals surface area contributed by atoms with Crippen LogP contribution < -0.4 is 0 Å². The third-order valence-electron chi connectivity index (χ3n) is 6.50. The SMILES string of the molecule is CCN1CCn2c(-c3cccc(F)c3)cnc2C12CCN(C(=O)c1cscn1)CC2. The Bertz CT molecular complexity index is 1060. The van der Waals surface area contributed by atoms with Crippen molar-refractivity contribution in [1.82, 2.24) is 24.3 Å². The van der Waals surface area contributed by atoms with Crippen LogP contribution in [0.2, 0.25) is 0 Å². The summed E-state index contributed by atoms with van der Waals surface area (Å²) < 4.78 is 16.1. The quantitative estimate of drug-likeness (QED) is 0.643. The van der Waals surface area contributed by atoms with Crippen molar-refractivity contribution in [3.8, 4) is 11.3 Å². The van der Waals surface area contributed by atoms with Crippen LogP contribution >= 0.6 is 11.3 Å². The summed E-state index contributed by atoms with van der Waals surface area (Å²) in [6, 6.07) is 6.70. The summed E-state index contributed by atoms with van der Waals surface area (Å²) in [6.07, 6.45) is 3.53. The van der Waals surface area contributed by atoms with Gasteiger partial charge in [0.2, 0.25) is 0 Å². The maximum atomic E-state index is 13.8. The number of carbonyl (C=O) groups excluding carboxylic acids is 1. The van der Waals surface area contributed by atoms with E-state index in [-0.39, 0.29) is 17.3 Å². The van der Waals surface area contributed by atoms with Crippen molar-refractivity contribution in [1.29, 1.82) is 0 Å². The first kappa shape index (κ1) is 19.4. The molecule has 1 amide bonds. The van der Waals surface area contributed by atoms with Crippen molar-refractivity contribution < 1.29 is 9.18 Å². The van der Waals surface area contributed by atoms with Crippen LogP contribution in [0, 0.1) is 5.82 Å². The molecule has 0 saturated carbocycles. The van der Waals surface area contributed by atoms with Gasteiger partial charge in [0, 0.05) is 37.1 Å². The first-order chi connectivity index (χ1) is 14.6. The molecule has 1 spiro atoms. The second kappa shape index (κ2) is 7.59. The highest BCUT2D eigenvalue weighted by atomic mass is 32.1. The van der Waals surface area contributed by atoms with Crippen molar-refractivity contribution in [3.05, 3.63) is 58.7 Å². The minimum atomic E-state index is -0.238. The Kier molecular flexibility index (Phi) is 4.91. The van der Waals surface area contributed by atoms with Crippen LogP contribution in [0.5, 0.6) is 0 Å². The number of likely N-dealkylation sites (N-methyl/N-ethyl adjacent to an activating group) is 1. The number of thiazole rings is 1. The van der Waals surface area contributed by atoms with Gasteiger partial charge < -0.3 is 9.47 Å². The molecule has 8 heteroatoms. The van der Waals surface area contributed by atoms with E-state index in [1.54, 1.807) is 17.6 Å². The number of amides is 1. The topological polar surface area (TPSA) is 54.3 Å². The zero-order chi connectivity index (χ0) is 20.7. The molecule has 0 radical (unpaired) electrons. The Labute approximate surface area is 179 Å². The van der Waals surface area contributed by atoms with Crippen molar-refractivity contribution in [2.75, 3.05) is 26.2 Å². The maximum absolute atomic E-state index is 13.8. The first-order valence-corrected chi connectivity index (χ1v) is 11.3. The highest BCUT2D eigenvalue weighted by Crippen LogP contribution is 2.42. The molecule has 0 N–H and O–H groups in total. The number of piperidine rings is 1. The van der Waals surface area contributed by atoms with Crippen molar-refractivity contribution in [2.45, 2.75) is 31.8 Å². The Morgan fingerprint density at radius 1 is 1.20 bits per heavy atom. The predicted octanol–water partition coefficient (Wildman–Crippen LogP) is 3.61. The van der Waals surface area contributed by atoms with E-state index in [1.807, 2.05) is 22.5 Å². The molecule has 4 heterocycles. The molecule has 0 aliphatic carbocycles. The lowest BCUT2D eigenvalue weighted by Crippen LogP contribution is -2.58. The van der Waals surface area contributed by atoms with Crippen LogP contribution in [0.25, 0.3) is 11.3 Å². The monoisotopic (exact) mass is 425 g/mol. The molecule has 0 atom stereocenters. The largest absolute Gasteiger partial charge is 0.337 e. The minimum absolute atomic E-state index is 0.00810. The van der Waals surface area contributed by atoms with Gasteiger partial charge in [-0.1, -0.05) is 19.1 Å². The van der Waals surface area contributed by atoms with Gasteiger partial charge in [0.1, 0.15) is 17.3 Å². The molecule has 2 aliphatic heterocycles. The Balaban J connectivity index is 1.46. The standard InChI is InChI=1S/C22H24FN5OS/c1-2-27-10-11-28-19(16-4-3-5-17(23)12-16)13-24-21(28)22(27)6-8-26(9-7-22)20(29)18-14-30-15-25-18/h3-5,12-15H,2,6-11H2,1H3. The fourth-order valence-corrected chi connectivity index (χ4v) is 5.51. The minimum Gasteiger partial charge on any atom is -0.337 e. The van der Waals surface area contributed by atoms with Crippen molar-refractivity contribution in [2.24, 2.45) is 0 Å². The summed E-state index contributed by atoms with van der Waals surface area (Å²) in [7, 11) is 0. The van der Waals surface area contributed by atoms with Crippen LogP contribution in [-0.2, 0) is 12.1 Å². The van der Waals surface area contributed by atoms with Gasteiger partial charge in [0.05, 0.1) is 22.9 Å². The third-order valence-corrected chi connectivity index (χ3v) is 7.09. The summed E-state index contributed by atoms with van der Waals surface area (Å²) in [4.78, 5) is 26.2. The number of hydrogen-bond acceptors (Lipinski definition) is 5. The fourth-order valence-electron chi connectivity index (χ4n) is 4.99. The molecule has 2 aromatic heterocycles. The molecule has 2 aliphatic rings. The van der Waals surface area contributed by atoms with Crippen LogP contribution in [0.1, 0.15) is 36.1 Å². The number of hydrogen-bond donors (Lipinski definition) is 0. The molecule has 0 unspecified atom stereocenters. The van der Waals surface area contributed by atoms with Crippen LogP contribution in [0.4, 0.5) is 4.39 Å². The van der Waals surface area contributed by atoms with E-state index in [9.17, 15) is 9.18 Å². The van der Waals surface area contributed by atoms with Gasteiger partial charge in [-0.15, -0.1) is 11.3 Å². The summed E-state index contributed by atoms with van der Waals surface area (Å²) in [5.41, 5.74) is 3.84. The zero-order valence-electron chi connectivity index (χ0n) is 16.9. The number of fused-ring (bicyclic) bond motifs is 2. The number of imidazole rings is 1. The normalized spacial score (nSPS) is 18.5. The van der Waals surface area contributed by atoms with Crippen LogP contribution in [0.15, 0.2) is 41.4 Å². The summed E-state index contributed by atoms with van der Waals surface area (Å²) in [5.74, 6) is 0.807. The molecule has 5 rings (SSSR count). The second-order valence-electron chi connectivity index (χ2n) is 7.91. The lowest BCUT2D eigenvalue weighted by Gasteiger charge is -2.50. The molecule has 1 fully saturated rings. The molecule has 3 aromatic rings. The van der Waals surface area contributed by atoms with Gasteiger partial charge in [-0.05, 0) is 31.5 Å². The van der Waals surface area contributed by atoms with Gasteiger partial charge in [0.25, 0.3) is 5.91 Å². The molecule has 156 valence electrons. The van der Waals surface area contributed by atoms with Crippen LogP contribution in [-0.4, -0.2) is 56.4 Å².